The van der Waals surface area contributed by atoms with Gasteiger partial charge in [0.05, 0.1) is 17.8 Å². The van der Waals surface area contributed by atoms with Crippen molar-refractivity contribution < 1.29 is 24.2 Å². The van der Waals surface area contributed by atoms with E-state index >= 15 is 0 Å². The number of cyclic esters (lactones) is 2. The SMILES string of the molecule is O=C1OC(=O)[C@H]2[C@@H]1[C@@H]1C(c3ccccc3)=C[C@H]2C[C@@H]1C(=O)O. The molecule has 0 unspecified atom stereocenters. The van der Waals surface area contributed by atoms with E-state index in [1.165, 1.54) is 0 Å². The Morgan fingerprint density at radius 2 is 1.73 bits per heavy atom. The molecule has 0 radical (unpaired) electrons. The van der Waals surface area contributed by atoms with Gasteiger partial charge in [0.2, 0.25) is 0 Å². The maximum absolute atomic E-state index is 12.1. The Balaban J connectivity index is 1.86. The molecule has 2 bridgehead atoms. The average Bonchev–Trinajstić information content (AvgIpc) is 2.84. The smallest absolute Gasteiger partial charge is 0.318 e. The molecule has 5 heteroatoms. The normalized spacial score (nSPS) is 35.8. The lowest BCUT2D eigenvalue weighted by Crippen LogP contribution is -2.48. The lowest BCUT2D eigenvalue weighted by Gasteiger charge is -2.45. The summed E-state index contributed by atoms with van der Waals surface area (Å²) < 4.78 is 4.80. The third-order valence-electron chi connectivity index (χ3n) is 5.12. The predicted molar refractivity (Wildman–Crippen MR) is 75.2 cm³/mol. The summed E-state index contributed by atoms with van der Waals surface area (Å²) in [5.74, 6) is -4.55. The van der Waals surface area contributed by atoms with E-state index in [0.717, 1.165) is 11.1 Å². The van der Waals surface area contributed by atoms with E-state index in [4.69, 9.17) is 4.74 Å². The summed E-state index contributed by atoms with van der Waals surface area (Å²) in [6.45, 7) is 0. The zero-order chi connectivity index (χ0) is 15.4. The summed E-state index contributed by atoms with van der Waals surface area (Å²) in [6.07, 6.45) is 2.36. The highest BCUT2D eigenvalue weighted by molar-refractivity contribution is 6.00. The number of ether oxygens (including phenoxy) is 1. The number of hydrogen-bond acceptors (Lipinski definition) is 4. The first-order valence-electron chi connectivity index (χ1n) is 7.33. The number of esters is 2. The Hall–Kier alpha value is -2.43. The molecule has 1 aliphatic heterocycles. The Morgan fingerprint density at radius 1 is 1.05 bits per heavy atom. The monoisotopic (exact) mass is 298 g/mol. The van der Waals surface area contributed by atoms with Crippen molar-refractivity contribution in [2.75, 3.05) is 0 Å². The van der Waals surface area contributed by atoms with Gasteiger partial charge < -0.3 is 9.84 Å². The maximum Gasteiger partial charge on any atom is 0.318 e. The van der Waals surface area contributed by atoms with Crippen molar-refractivity contribution in [3.05, 3.63) is 42.0 Å². The molecule has 5 atom stereocenters. The van der Waals surface area contributed by atoms with Crippen molar-refractivity contribution in [2.45, 2.75) is 6.42 Å². The molecule has 22 heavy (non-hydrogen) atoms. The highest BCUT2D eigenvalue weighted by Gasteiger charge is 2.61. The van der Waals surface area contributed by atoms with Crippen molar-refractivity contribution in [3.63, 3.8) is 0 Å². The first-order valence-corrected chi connectivity index (χ1v) is 7.33. The van der Waals surface area contributed by atoms with Gasteiger partial charge >= 0.3 is 17.9 Å². The molecule has 1 aromatic carbocycles. The van der Waals surface area contributed by atoms with Crippen LogP contribution in [0.1, 0.15) is 12.0 Å². The zero-order valence-electron chi connectivity index (χ0n) is 11.6. The van der Waals surface area contributed by atoms with Gasteiger partial charge in [-0.1, -0.05) is 36.4 Å². The predicted octanol–water partition coefficient (Wildman–Crippen LogP) is 1.74. The van der Waals surface area contributed by atoms with Crippen LogP contribution >= 0.6 is 0 Å². The van der Waals surface area contributed by atoms with Crippen LogP contribution < -0.4 is 0 Å². The van der Waals surface area contributed by atoms with E-state index in [0.29, 0.717) is 6.42 Å². The van der Waals surface area contributed by atoms with Crippen molar-refractivity contribution in [1.29, 1.82) is 0 Å². The summed E-state index contributed by atoms with van der Waals surface area (Å²) in [6, 6.07) is 9.45. The Morgan fingerprint density at radius 3 is 2.41 bits per heavy atom. The number of carboxylic acid groups (broad SMARTS) is 1. The number of carbonyl (C=O) groups is 3. The number of rotatable bonds is 2. The fourth-order valence-corrected chi connectivity index (χ4v) is 4.27. The zero-order valence-corrected chi connectivity index (χ0v) is 11.6. The number of benzene rings is 1. The van der Waals surface area contributed by atoms with Gasteiger partial charge in [-0.25, -0.2) is 0 Å². The van der Waals surface area contributed by atoms with E-state index < -0.39 is 41.6 Å². The highest BCUT2D eigenvalue weighted by atomic mass is 16.6. The number of fused-ring (bicyclic) bond motifs is 1. The van der Waals surface area contributed by atoms with Gasteiger partial charge in [0.15, 0.2) is 0 Å². The molecule has 0 spiro atoms. The number of carboxylic acids is 1. The minimum absolute atomic E-state index is 0.245. The van der Waals surface area contributed by atoms with Gasteiger partial charge in [-0.2, -0.15) is 0 Å². The van der Waals surface area contributed by atoms with Crippen molar-refractivity contribution >= 4 is 23.5 Å². The summed E-state index contributed by atoms with van der Waals surface area (Å²) in [4.78, 5) is 35.6. The molecule has 2 fully saturated rings. The molecule has 1 heterocycles. The van der Waals surface area contributed by atoms with Crippen molar-refractivity contribution in [3.8, 4) is 0 Å². The Bertz CT molecular complexity index is 705. The lowest BCUT2D eigenvalue weighted by molar-refractivity contribution is -0.154. The second kappa shape index (κ2) is 4.53. The third-order valence-corrected chi connectivity index (χ3v) is 5.12. The summed E-state index contributed by atoms with van der Waals surface area (Å²) in [5.41, 5.74) is 1.77. The molecular weight excluding hydrogens is 284 g/mol. The Labute approximate surface area is 126 Å². The summed E-state index contributed by atoms with van der Waals surface area (Å²) in [7, 11) is 0. The minimum atomic E-state index is -0.915. The van der Waals surface area contributed by atoms with Crippen LogP contribution in [0.15, 0.2) is 36.4 Å². The molecule has 0 aromatic heterocycles. The molecule has 3 aliphatic carbocycles. The van der Waals surface area contributed by atoms with Crippen LogP contribution in [0.5, 0.6) is 0 Å². The van der Waals surface area contributed by atoms with E-state index in [9.17, 15) is 19.5 Å². The molecule has 1 saturated heterocycles. The van der Waals surface area contributed by atoms with Gasteiger partial charge in [-0.3, -0.25) is 14.4 Å². The molecule has 4 aliphatic rings. The molecule has 1 aromatic rings. The third kappa shape index (κ3) is 1.68. The van der Waals surface area contributed by atoms with E-state index in [1.54, 1.807) is 0 Å². The maximum atomic E-state index is 12.1. The minimum Gasteiger partial charge on any atom is -0.481 e. The van der Waals surface area contributed by atoms with Crippen LogP contribution in [-0.2, 0) is 19.1 Å². The van der Waals surface area contributed by atoms with Crippen LogP contribution in [0.2, 0.25) is 0 Å². The first-order chi connectivity index (χ1) is 10.6. The second-order valence-corrected chi connectivity index (χ2v) is 6.15. The number of hydrogen-bond donors (Lipinski definition) is 1. The summed E-state index contributed by atoms with van der Waals surface area (Å²) >= 11 is 0. The van der Waals surface area contributed by atoms with Gasteiger partial charge in [-0.15, -0.1) is 0 Å². The highest BCUT2D eigenvalue weighted by Crippen LogP contribution is 2.56. The van der Waals surface area contributed by atoms with E-state index in [1.807, 2.05) is 36.4 Å². The fraction of sp³-hybridized carbons (Fsp3) is 0.353. The lowest BCUT2D eigenvalue weighted by atomic mass is 9.55. The molecular formula is C17H14O5. The fourth-order valence-electron chi connectivity index (χ4n) is 4.27. The standard InChI is InChI=1S/C17H14O5/c18-15(19)11-7-9-6-10(8-4-2-1-3-5-8)13(11)14-12(9)16(20)22-17(14)21/h1-6,9,11-14H,7H2,(H,18,19)/t9-,11-,12+,13+,14+/m0/s1. The van der Waals surface area contributed by atoms with Gasteiger partial charge in [0.1, 0.15) is 0 Å². The van der Waals surface area contributed by atoms with Gasteiger partial charge in [0, 0.05) is 5.92 Å². The number of allylic oxidation sites excluding steroid dienone is 2. The quantitative estimate of drug-likeness (QED) is 0.664. The summed E-state index contributed by atoms with van der Waals surface area (Å²) in [5, 5.41) is 9.53. The van der Waals surface area contributed by atoms with E-state index in [-0.39, 0.29) is 5.92 Å². The molecule has 5 rings (SSSR count). The average molecular weight is 298 g/mol. The topological polar surface area (TPSA) is 80.7 Å². The second-order valence-electron chi connectivity index (χ2n) is 6.15. The Kier molecular flexibility index (Phi) is 2.73. The van der Waals surface area contributed by atoms with Crippen LogP contribution in [0.3, 0.4) is 0 Å². The van der Waals surface area contributed by atoms with E-state index in [2.05, 4.69) is 0 Å². The van der Waals surface area contributed by atoms with Crippen LogP contribution in [0.4, 0.5) is 0 Å². The van der Waals surface area contributed by atoms with Gasteiger partial charge in [0.25, 0.3) is 0 Å². The molecule has 1 N–H and O–H groups in total. The molecule has 112 valence electrons. The molecule has 5 nitrogen and oxygen atoms in total. The molecule has 1 saturated carbocycles. The number of aliphatic carboxylic acids is 1. The largest absolute Gasteiger partial charge is 0.481 e. The van der Waals surface area contributed by atoms with Gasteiger partial charge in [-0.05, 0) is 23.5 Å². The van der Waals surface area contributed by atoms with Crippen LogP contribution in [0.25, 0.3) is 5.57 Å². The van der Waals surface area contributed by atoms with Crippen molar-refractivity contribution in [1.82, 2.24) is 0 Å². The van der Waals surface area contributed by atoms with Crippen LogP contribution in [-0.4, -0.2) is 23.0 Å². The van der Waals surface area contributed by atoms with Crippen LogP contribution in [0, 0.1) is 29.6 Å². The number of carbonyl (C=O) groups excluding carboxylic acids is 2. The molecule has 0 amide bonds. The van der Waals surface area contributed by atoms with Crippen molar-refractivity contribution in [2.24, 2.45) is 29.6 Å². The first kappa shape index (κ1) is 13.2.